The molecular formula is C53H95NO5. The molecule has 0 rings (SSSR count). The van der Waals surface area contributed by atoms with Crippen LogP contribution in [-0.2, 0) is 14.3 Å². The Kier molecular flexibility index (Phi) is 44.7. The number of allylic oxidation sites excluding steroid dienone is 10. The molecule has 6 nitrogen and oxygen atoms in total. The topological polar surface area (TPSA) is 95.9 Å². The predicted octanol–water partition coefficient (Wildman–Crippen LogP) is 14.8. The second-order valence-electron chi connectivity index (χ2n) is 16.8. The maximum absolute atomic E-state index is 13.2. The fourth-order valence-electron chi connectivity index (χ4n) is 7.34. The molecule has 0 saturated heterocycles. The van der Waals surface area contributed by atoms with E-state index in [2.05, 4.69) is 86.8 Å². The van der Waals surface area contributed by atoms with Crippen molar-refractivity contribution in [2.24, 2.45) is 0 Å². The molecule has 0 fully saturated rings. The summed E-state index contributed by atoms with van der Waals surface area (Å²) < 4.78 is 5.89. The number of rotatable bonds is 44. The monoisotopic (exact) mass is 826 g/mol. The number of aliphatic hydroxyl groups is 2. The molecule has 342 valence electrons. The Balaban J connectivity index is 4.70. The van der Waals surface area contributed by atoms with Gasteiger partial charge in [0.25, 0.3) is 0 Å². The molecule has 0 aliphatic rings. The van der Waals surface area contributed by atoms with Gasteiger partial charge in [0.1, 0.15) is 6.10 Å². The zero-order chi connectivity index (χ0) is 43.1. The lowest BCUT2D eigenvalue weighted by atomic mass is 10.0. The number of esters is 1. The van der Waals surface area contributed by atoms with Crippen molar-refractivity contribution in [3.05, 3.63) is 60.8 Å². The minimum atomic E-state index is -0.801. The number of nitrogens with one attached hydrogen (secondary N) is 1. The predicted molar refractivity (Wildman–Crippen MR) is 255 cm³/mol. The van der Waals surface area contributed by atoms with Crippen molar-refractivity contribution in [2.75, 3.05) is 6.61 Å². The summed E-state index contributed by atoms with van der Waals surface area (Å²) in [5.74, 6) is -0.528. The Morgan fingerprint density at radius 2 is 0.915 bits per heavy atom. The summed E-state index contributed by atoms with van der Waals surface area (Å²) in [6, 6.07) is -0.718. The highest BCUT2D eigenvalue weighted by Gasteiger charge is 2.24. The summed E-state index contributed by atoms with van der Waals surface area (Å²) >= 11 is 0. The number of carbonyl (C=O) groups is 2. The molecule has 0 radical (unpaired) electrons. The highest BCUT2D eigenvalue weighted by molar-refractivity contribution is 5.77. The van der Waals surface area contributed by atoms with Crippen molar-refractivity contribution in [2.45, 2.75) is 257 Å². The maximum atomic E-state index is 13.2. The molecule has 3 atom stereocenters. The van der Waals surface area contributed by atoms with E-state index in [0.717, 1.165) is 83.5 Å². The molecule has 0 bridgehead atoms. The second kappa shape index (κ2) is 46.6. The molecule has 0 aliphatic carbocycles. The first kappa shape index (κ1) is 56.6. The van der Waals surface area contributed by atoms with Crippen LogP contribution in [0.5, 0.6) is 0 Å². The van der Waals surface area contributed by atoms with Crippen LogP contribution in [0.25, 0.3) is 0 Å². The van der Waals surface area contributed by atoms with Crippen LogP contribution in [0.1, 0.15) is 239 Å². The summed E-state index contributed by atoms with van der Waals surface area (Å²) in [6.45, 7) is 6.34. The average Bonchev–Trinajstić information content (AvgIpc) is 3.23. The van der Waals surface area contributed by atoms with Gasteiger partial charge in [0.15, 0.2) is 0 Å². The fourth-order valence-corrected chi connectivity index (χ4v) is 7.34. The quantitative estimate of drug-likeness (QED) is 0.0323. The van der Waals surface area contributed by atoms with Crippen molar-refractivity contribution >= 4 is 11.9 Å². The first-order valence-electron chi connectivity index (χ1n) is 25.0. The average molecular weight is 826 g/mol. The lowest BCUT2D eigenvalue weighted by Gasteiger charge is -2.24. The van der Waals surface area contributed by atoms with E-state index in [1.165, 1.54) is 109 Å². The van der Waals surface area contributed by atoms with Crippen LogP contribution in [-0.4, -0.2) is 46.9 Å². The molecule has 0 aliphatic heterocycles. The highest BCUT2D eigenvalue weighted by Crippen LogP contribution is 2.17. The third-order valence-electron chi connectivity index (χ3n) is 11.1. The van der Waals surface area contributed by atoms with E-state index in [4.69, 9.17) is 4.74 Å². The van der Waals surface area contributed by atoms with Gasteiger partial charge in [0.05, 0.1) is 25.2 Å². The van der Waals surface area contributed by atoms with Crippen molar-refractivity contribution in [1.29, 1.82) is 0 Å². The number of amides is 1. The van der Waals surface area contributed by atoms with Gasteiger partial charge in [-0.1, -0.05) is 223 Å². The minimum Gasteiger partial charge on any atom is -0.462 e. The summed E-state index contributed by atoms with van der Waals surface area (Å²) in [7, 11) is 0. The molecule has 0 spiro atoms. The Labute approximate surface area is 365 Å². The van der Waals surface area contributed by atoms with Crippen LogP contribution in [0.2, 0.25) is 0 Å². The molecule has 59 heavy (non-hydrogen) atoms. The molecule has 3 unspecified atom stereocenters. The van der Waals surface area contributed by atoms with Crippen LogP contribution < -0.4 is 5.32 Å². The maximum Gasteiger partial charge on any atom is 0.306 e. The van der Waals surface area contributed by atoms with Gasteiger partial charge in [0, 0.05) is 6.42 Å². The van der Waals surface area contributed by atoms with E-state index in [9.17, 15) is 19.8 Å². The molecule has 1 amide bonds. The van der Waals surface area contributed by atoms with E-state index in [0.29, 0.717) is 19.3 Å². The summed E-state index contributed by atoms with van der Waals surface area (Å²) in [5.41, 5.74) is 0. The van der Waals surface area contributed by atoms with Gasteiger partial charge in [-0.15, -0.1) is 0 Å². The first-order chi connectivity index (χ1) is 29.0. The van der Waals surface area contributed by atoms with E-state index in [-0.39, 0.29) is 24.9 Å². The number of unbranched alkanes of at least 4 members (excludes halogenated alkanes) is 22. The SMILES string of the molecule is CC/C=C\C/C=C\C/C=C\C/C=C\C/C=C\CCCC(CC(=O)NC(CO)C(O)CCCCCCCCCCCCCC)OC(=O)CCCCCCCCCCCCC. The van der Waals surface area contributed by atoms with E-state index in [1.54, 1.807) is 0 Å². The summed E-state index contributed by atoms with van der Waals surface area (Å²) in [5, 5.41) is 23.7. The van der Waals surface area contributed by atoms with Crippen molar-refractivity contribution in [3.63, 3.8) is 0 Å². The van der Waals surface area contributed by atoms with Crippen molar-refractivity contribution < 1.29 is 24.5 Å². The van der Waals surface area contributed by atoms with Gasteiger partial charge in [-0.2, -0.15) is 0 Å². The zero-order valence-electron chi connectivity index (χ0n) is 38.9. The highest BCUT2D eigenvalue weighted by atomic mass is 16.5. The number of aliphatic hydroxyl groups excluding tert-OH is 2. The molecule has 0 aromatic carbocycles. The van der Waals surface area contributed by atoms with Gasteiger partial charge < -0.3 is 20.3 Å². The standard InChI is InChI=1S/C53H95NO5/c1-4-7-10-13-16-19-22-24-25-26-27-28-30-32-35-38-41-44-49(59-53(58)46-43-40-37-34-29-21-18-15-12-9-6-3)47-52(57)54-50(48-55)51(56)45-42-39-36-33-31-23-20-17-14-11-8-5-2/h7,10,16,19,24-25,27-28,32,35,49-51,55-56H,4-6,8-9,11-15,17-18,20-23,26,29-31,33-34,36-48H2,1-3H3,(H,54,57)/b10-7-,19-16-,25-24-,28-27-,35-32-. The Morgan fingerprint density at radius 1 is 0.508 bits per heavy atom. The largest absolute Gasteiger partial charge is 0.462 e. The van der Waals surface area contributed by atoms with Gasteiger partial charge >= 0.3 is 5.97 Å². The molecule has 0 heterocycles. The van der Waals surface area contributed by atoms with Gasteiger partial charge in [-0.3, -0.25) is 9.59 Å². The third kappa shape index (κ3) is 42.1. The number of carbonyl (C=O) groups excluding carboxylic acids is 2. The van der Waals surface area contributed by atoms with Crippen LogP contribution in [0.15, 0.2) is 60.8 Å². The van der Waals surface area contributed by atoms with Gasteiger partial charge in [-0.05, 0) is 64.2 Å². The Bertz CT molecular complexity index is 1060. The van der Waals surface area contributed by atoms with Crippen molar-refractivity contribution in [3.8, 4) is 0 Å². The molecule has 0 aromatic rings. The lowest BCUT2D eigenvalue weighted by molar-refractivity contribution is -0.151. The Morgan fingerprint density at radius 3 is 1.36 bits per heavy atom. The van der Waals surface area contributed by atoms with Crippen LogP contribution in [0.4, 0.5) is 0 Å². The smallest absolute Gasteiger partial charge is 0.306 e. The second-order valence-corrected chi connectivity index (χ2v) is 16.8. The lowest BCUT2D eigenvalue weighted by Crippen LogP contribution is -2.46. The minimum absolute atomic E-state index is 0.0392. The number of hydrogen-bond donors (Lipinski definition) is 3. The molecule has 3 N–H and O–H groups in total. The van der Waals surface area contributed by atoms with Crippen molar-refractivity contribution in [1.82, 2.24) is 5.32 Å². The fraction of sp³-hybridized carbons (Fsp3) is 0.774. The van der Waals surface area contributed by atoms with Crippen LogP contribution >= 0.6 is 0 Å². The van der Waals surface area contributed by atoms with E-state index >= 15 is 0 Å². The third-order valence-corrected chi connectivity index (χ3v) is 11.1. The summed E-state index contributed by atoms with van der Waals surface area (Å²) in [4.78, 5) is 26.1. The number of hydrogen-bond acceptors (Lipinski definition) is 5. The molecule has 0 saturated carbocycles. The zero-order valence-corrected chi connectivity index (χ0v) is 38.9. The molecule has 0 aromatic heterocycles. The van der Waals surface area contributed by atoms with Crippen LogP contribution in [0, 0.1) is 0 Å². The van der Waals surface area contributed by atoms with Gasteiger partial charge in [0.2, 0.25) is 5.91 Å². The summed E-state index contributed by atoms with van der Waals surface area (Å²) in [6.07, 6.45) is 57.1. The van der Waals surface area contributed by atoms with E-state index in [1.807, 2.05) is 0 Å². The first-order valence-corrected chi connectivity index (χ1v) is 25.0. The van der Waals surface area contributed by atoms with E-state index < -0.39 is 18.2 Å². The Hall–Kier alpha value is -2.44. The molecular weight excluding hydrogens is 731 g/mol. The van der Waals surface area contributed by atoms with Crippen LogP contribution in [0.3, 0.4) is 0 Å². The van der Waals surface area contributed by atoms with Gasteiger partial charge in [-0.25, -0.2) is 0 Å². The number of ether oxygens (including phenoxy) is 1. The molecule has 6 heteroatoms. The normalized spacial score (nSPS) is 13.8.